The minimum atomic E-state index is -0.494. The zero-order valence-corrected chi connectivity index (χ0v) is 10.4. The van der Waals surface area contributed by atoms with Crippen LogP contribution in [0, 0.1) is 0 Å². The van der Waals surface area contributed by atoms with Crippen LogP contribution in [-0.4, -0.2) is 16.7 Å². The molecule has 17 heavy (non-hydrogen) atoms. The molecule has 1 fully saturated rings. The molecule has 0 radical (unpaired) electrons. The van der Waals surface area contributed by atoms with E-state index in [1.165, 1.54) is 30.4 Å². The van der Waals surface area contributed by atoms with Gasteiger partial charge in [0.1, 0.15) is 0 Å². The van der Waals surface area contributed by atoms with Crippen LogP contribution < -0.4 is 5.32 Å². The number of fused-ring (bicyclic) bond motifs is 1. The third-order valence-corrected chi connectivity index (χ3v) is 4.46. The molecule has 2 N–H and O–H groups in total. The van der Waals surface area contributed by atoms with E-state index in [2.05, 4.69) is 29.6 Å². The van der Waals surface area contributed by atoms with E-state index in [1.54, 1.807) is 0 Å². The van der Waals surface area contributed by atoms with Gasteiger partial charge in [0.15, 0.2) is 0 Å². The molecule has 3 atom stereocenters. The minimum absolute atomic E-state index is 0.277. The highest BCUT2D eigenvalue weighted by Crippen LogP contribution is 2.36. The first-order chi connectivity index (χ1) is 8.17. The molecule has 1 aromatic carbocycles. The third-order valence-electron chi connectivity index (χ3n) is 4.46. The zero-order chi connectivity index (χ0) is 11.9. The van der Waals surface area contributed by atoms with E-state index in [0.29, 0.717) is 6.04 Å². The van der Waals surface area contributed by atoms with Gasteiger partial charge in [-0.15, -0.1) is 0 Å². The summed E-state index contributed by atoms with van der Waals surface area (Å²) in [4.78, 5) is 0. The van der Waals surface area contributed by atoms with Crippen molar-refractivity contribution in [3.8, 4) is 0 Å². The fourth-order valence-electron chi connectivity index (χ4n) is 3.14. The molecule has 1 unspecified atom stereocenters. The summed E-state index contributed by atoms with van der Waals surface area (Å²) in [6.45, 7) is 1.95. The highest BCUT2D eigenvalue weighted by molar-refractivity contribution is 5.32. The molecule has 0 aromatic heterocycles. The van der Waals surface area contributed by atoms with Crippen LogP contribution in [0.3, 0.4) is 0 Å². The van der Waals surface area contributed by atoms with Crippen molar-refractivity contribution in [2.24, 2.45) is 0 Å². The average Bonchev–Trinajstić information content (AvgIpc) is 2.35. The molecular weight excluding hydrogens is 210 g/mol. The van der Waals surface area contributed by atoms with Crippen molar-refractivity contribution in [2.45, 2.75) is 56.7 Å². The fourth-order valence-corrected chi connectivity index (χ4v) is 3.14. The Hall–Kier alpha value is -0.860. The van der Waals surface area contributed by atoms with Crippen LogP contribution in [0.2, 0.25) is 0 Å². The van der Waals surface area contributed by atoms with E-state index in [4.69, 9.17) is 0 Å². The summed E-state index contributed by atoms with van der Waals surface area (Å²) in [7, 11) is 0. The van der Waals surface area contributed by atoms with E-state index < -0.39 is 5.60 Å². The van der Waals surface area contributed by atoms with Crippen molar-refractivity contribution in [1.29, 1.82) is 0 Å². The summed E-state index contributed by atoms with van der Waals surface area (Å²) in [6.07, 6.45) is 5.69. The molecule has 0 spiro atoms. The Balaban J connectivity index is 1.77. The molecular formula is C15H21NO. The number of aliphatic hydroxyl groups is 1. The van der Waals surface area contributed by atoms with Gasteiger partial charge < -0.3 is 10.4 Å². The van der Waals surface area contributed by atoms with Gasteiger partial charge in [-0.3, -0.25) is 0 Å². The van der Waals surface area contributed by atoms with Crippen molar-refractivity contribution in [3.05, 3.63) is 35.4 Å². The van der Waals surface area contributed by atoms with Crippen LogP contribution in [0.1, 0.15) is 49.8 Å². The topological polar surface area (TPSA) is 32.3 Å². The molecule has 1 saturated carbocycles. The van der Waals surface area contributed by atoms with E-state index in [0.717, 1.165) is 12.8 Å². The van der Waals surface area contributed by atoms with Crippen molar-refractivity contribution >= 4 is 0 Å². The molecule has 2 nitrogen and oxygen atoms in total. The molecule has 0 aliphatic heterocycles. The smallest absolute Gasteiger partial charge is 0.0772 e. The van der Waals surface area contributed by atoms with Gasteiger partial charge in [0.2, 0.25) is 0 Å². The van der Waals surface area contributed by atoms with Crippen molar-refractivity contribution in [3.63, 3.8) is 0 Å². The van der Waals surface area contributed by atoms with Gasteiger partial charge in [-0.1, -0.05) is 24.3 Å². The van der Waals surface area contributed by atoms with Crippen LogP contribution in [-0.2, 0) is 6.42 Å². The monoisotopic (exact) mass is 231 g/mol. The lowest BCUT2D eigenvalue weighted by molar-refractivity contribution is -0.0564. The summed E-state index contributed by atoms with van der Waals surface area (Å²) in [5.41, 5.74) is 2.43. The van der Waals surface area contributed by atoms with E-state index in [1.807, 2.05) is 6.92 Å². The predicted molar refractivity (Wildman–Crippen MR) is 68.9 cm³/mol. The number of rotatable bonds is 2. The predicted octanol–water partition coefficient (Wildman–Crippen LogP) is 2.57. The second kappa shape index (κ2) is 4.11. The van der Waals surface area contributed by atoms with Crippen LogP contribution in [0.4, 0.5) is 0 Å². The zero-order valence-electron chi connectivity index (χ0n) is 10.4. The first-order valence-corrected chi connectivity index (χ1v) is 6.73. The molecule has 92 valence electrons. The van der Waals surface area contributed by atoms with Gasteiger partial charge in [0, 0.05) is 12.1 Å². The van der Waals surface area contributed by atoms with Gasteiger partial charge in [0.25, 0.3) is 0 Å². The second-order valence-electron chi connectivity index (χ2n) is 5.76. The lowest BCUT2D eigenvalue weighted by Gasteiger charge is -2.45. The number of benzene rings is 1. The Morgan fingerprint density at radius 2 is 2.12 bits per heavy atom. The maximum absolute atomic E-state index is 10.1. The maximum atomic E-state index is 10.1. The molecule has 3 rings (SSSR count). The average molecular weight is 231 g/mol. The molecule has 1 aromatic rings. The number of aryl methyl sites for hydroxylation is 1. The van der Waals surface area contributed by atoms with Crippen LogP contribution in [0.15, 0.2) is 24.3 Å². The van der Waals surface area contributed by atoms with E-state index >= 15 is 0 Å². The Labute approximate surface area is 103 Å². The Morgan fingerprint density at radius 1 is 1.29 bits per heavy atom. The summed E-state index contributed by atoms with van der Waals surface area (Å²) < 4.78 is 0. The lowest BCUT2D eigenvalue weighted by atomic mass is 9.75. The summed E-state index contributed by atoms with van der Waals surface area (Å²) in [5, 5.41) is 13.7. The van der Waals surface area contributed by atoms with Gasteiger partial charge >= 0.3 is 0 Å². The van der Waals surface area contributed by atoms with E-state index in [-0.39, 0.29) is 6.04 Å². The first kappa shape index (κ1) is 11.2. The molecule has 0 heterocycles. The maximum Gasteiger partial charge on any atom is 0.0772 e. The van der Waals surface area contributed by atoms with Crippen molar-refractivity contribution in [1.82, 2.24) is 5.32 Å². The highest BCUT2D eigenvalue weighted by Gasteiger charge is 2.42. The number of hydrogen-bond acceptors (Lipinski definition) is 2. The lowest BCUT2D eigenvalue weighted by Crippen LogP contribution is -2.57. The summed E-state index contributed by atoms with van der Waals surface area (Å²) in [6, 6.07) is 9.44. The third kappa shape index (κ3) is 2.00. The largest absolute Gasteiger partial charge is 0.389 e. The molecule has 0 bridgehead atoms. The molecule has 2 aliphatic carbocycles. The summed E-state index contributed by atoms with van der Waals surface area (Å²) in [5.74, 6) is 0. The fraction of sp³-hybridized carbons (Fsp3) is 0.600. The number of nitrogens with one attached hydrogen (secondary N) is 1. The highest BCUT2D eigenvalue weighted by atomic mass is 16.3. The Kier molecular flexibility index (Phi) is 2.72. The molecule has 0 saturated heterocycles. The summed E-state index contributed by atoms with van der Waals surface area (Å²) >= 11 is 0. The first-order valence-electron chi connectivity index (χ1n) is 6.73. The van der Waals surface area contributed by atoms with E-state index in [9.17, 15) is 5.11 Å². The van der Waals surface area contributed by atoms with Gasteiger partial charge in [0.05, 0.1) is 5.60 Å². The Bertz CT molecular complexity index is 413. The number of hydrogen-bond donors (Lipinski definition) is 2. The van der Waals surface area contributed by atoms with Gasteiger partial charge in [-0.2, -0.15) is 0 Å². The minimum Gasteiger partial charge on any atom is -0.389 e. The quantitative estimate of drug-likeness (QED) is 0.820. The van der Waals surface area contributed by atoms with Crippen molar-refractivity contribution < 1.29 is 5.11 Å². The second-order valence-corrected chi connectivity index (χ2v) is 5.76. The normalized spacial score (nSPS) is 36.1. The van der Waals surface area contributed by atoms with Gasteiger partial charge in [-0.05, 0) is 50.2 Å². The molecule has 2 aliphatic rings. The van der Waals surface area contributed by atoms with Crippen LogP contribution in [0.5, 0.6) is 0 Å². The van der Waals surface area contributed by atoms with Crippen LogP contribution >= 0.6 is 0 Å². The van der Waals surface area contributed by atoms with Crippen molar-refractivity contribution in [2.75, 3.05) is 0 Å². The standard InChI is InChI=1S/C15H21NO/c1-15(17)10-9-14(15)16-13-8-4-6-11-5-2-3-7-12(11)13/h2-3,5,7,13-14,16-17H,4,6,8-10H2,1H3/t13?,14-,15-/m1/s1. The molecule has 2 heteroatoms. The SMILES string of the molecule is C[C@@]1(O)CC[C@H]1NC1CCCc2ccccc21. The van der Waals surface area contributed by atoms with Gasteiger partial charge in [-0.25, -0.2) is 0 Å². The molecule has 0 amide bonds. The van der Waals surface area contributed by atoms with Crippen LogP contribution in [0.25, 0.3) is 0 Å². The Morgan fingerprint density at radius 3 is 2.82 bits per heavy atom.